The van der Waals surface area contributed by atoms with Crippen molar-refractivity contribution in [3.05, 3.63) is 40.2 Å². The van der Waals surface area contributed by atoms with Crippen LogP contribution in [0.3, 0.4) is 0 Å². The summed E-state index contributed by atoms with van der Waals surface area (Å²) in [6, 6.07) is 1.66. The first-order valence-corrected chi connectivity index (χ1v) is 6.79. The number of hydrogen-bond acceptors (Lipinski definition) is 2. The lowest BCUT2D eigenvalue weighted by molar-refractivity contribution is -0.174. The molecule has 2 aromatic rings. The van der Waals surface area contributed by atoms with E-state index in [4.69, 9.17) is 0 Å². The fourth-order valence-corrected chi connectivity index (χ4v) is 2.26. The Morgan fingerprint density at radius 1 is 0.963 bits per heavy atom. The number of halogens is 9. The molecule has 0 spiro atoms. The smallest absolute Gasteiger partial charge is 0.322 e. The lowest BCUT2D eigenvalue weighted by Gasteiger charge is -2.25. The molecular formula is C14H7F9N2O2. The number of hydrogen-bond donors (Lipinski definition) is 1. The topological polar surface area (TPSA) is 53.2 Å². The molecule has 0 fully saturated rings. The number of nitrogens with zero attached hydrogens (tertiary/aromatic N) is 1. The zero-order chi connectivity index (χ0) is 20.8. The van der Waals surface area contributed by atoms with E-state index < -0.39 is 63.6 Å². The SMILES string of the molecule is O=C(N(CC(F)(F)F)c1ccc2[nH]c(=O)cc(C(F)(F)F)c2c1)C(F)(F)F. The molecule has 0 saturated carbocycles. The van der Waals surface area contributed by atoms with Gasteiger partial charge in [-0.1, -0.05) is 0 Å². The maximum Gasteiger partial charge on any atom is 0.471 e. The number of rotatable bonds is 2. The molecule has 2 rings (SSSR count). The first kappa shape index (κ1) is 20.6. The van der Waals surface area contributed by atoms with Gasteiger partial charge in [0.2, 0.25) is 5.56 Å². The van der Waals surface area contributed by atoms with Gasteiger partial charge in [0.1, 0.15) is 6.54 Å². The van der Waals surface area contributed by atoms with Crippen molar-refractivity contribution in [2.24, 2.45) is 0 Å². The zero-order valence-electron chi connectivity index (χ0n) is 12.7. The lowest BCUT2D eigenvalue weighted by atomic mass is 10.1. The van der Waals surface area contributed by atoms with E-state index in [0.29, 0.717) is 18.2 Å². The van der Waals surface area contributed by atoms with Crippen molar-refractivity contribution in [2.45, 2.75) is 18.5 Å². The highest BCUT2D eigenvalue weighted by Gasteiger charge is 2.46. The molecule has 1 heterocycles. The number of H-pyrrole nitrogens is 1. The number of carbonyl (C=O) groups is 1. The van der Waals surface area contributed by atoms with Crippen LogP contribution < -0.4 is 10.5 Å². The van der Waals surface area contributed by atoms with Gasteiger partial charge in [-0.2, -0.15) is 39.5 Å². The summed E-state index contributed by atoms with van der Waals surface area (Å²) in [5.74, 6) is -2.91. The fourth-order valence-electron chi connectivity index (χ4n) is 2.26. The number of aromatic amines is 1. The van der Waals surface area contributed by atoms with Gasteiger partial charge in [0, 0.05) is 22.7 Å². The Balaban J connectivity index is 2.71. The summed E-state index contributed by atoms with van der Waals surface area (Å²) in [4.78, 5) is 23.9. The van der Waals surface area contributed by atoms with Gasteiger partial charge in [0.15, 0.2) is 0 Å². The molecular weight excluding hydrogens is 399 g/mol. The van der Waals surface area contributed by atoms with Gasteiger partial charge in [-0.3, -0.25) is 14.5 Å². The lowest BCUT2D eigenvalue weighted by Crippen LogP contribution is -2.46. The second kappa shape index (κ2) is 6.46. The van der Waals surface area contributed by atoms with E-state index in [-0.39, 0.29) is 6.07 Å². The van der Waals surface area contributed by atoms with E-state index in [1.54, 1.807) is 0 Å². The summed E-state index contributed by atoms with van der Waals surface area (Å²) in [5.41, 5.74) is -4.31. The third-order valence-electron chi connectivity index (χ3n) is 3.27. The molecule has 1 N–H and O–H groups in total. The highest BCUT2D eigenvalue weighted by Crippen LogP contribution is 2.36. The van der Waals surface area contributed by atoms with Crippen LogP contribution in [0, 0.1) is 0 Å². The average molecular weight is 406 g/mol. The van der Waals surface area contributed by atoms with E-state index in [9.17, 15) is 49.1 Å². The number of alkyl halides is 9. The summed E-state index contributed by atoms with van der Waals surface area (Å²) in [6.45, 7) is -2.37. The van der Waals surface area contributed by atoms with E-state index in [2.05, 4.69) is 0 Å². The van der Waals surface area contributed by atoms with Crippen LogP contribution in [0.4, 0.5) is 45.2 Å². The van der Waals surface area contributed by atoms with Gasteiger partial charge < -0.3 is 4.98 Å². The monoisotopic (exact) mass is 406 g/mol. The first-order valence-electron chi connectivity index (χ1n) is 6.79. The van der Waals surface area contributed by atoms with Crippen molar-refractivity contribution < 1.29 is 44.3 Å². The van der Waals surface area contributed by atoms with Crippen LogP contribution in [0.2, 0.25) is 0 Å². The number of nitrogens with one attached hydrogen (secondary N) is 1. The second-order valence-corrected chi connectivity index (χ2v) is 5.28. The normalized spacial score (nSPS) is 13.1. The molecule has 0 atom stereocenters. The van der Waals surface area contributed by atoms with E-state index >= 15 is 0 Å². The molecule has 0 aliphatic heterocycles. The van der Waals surface area contributed by atoms with E-state index in [1.165, 1.54) is 0 Å². The minimum Gasteiger partial charge on any atom is -0.322 e. The Labute approximate surface area is 143 Å². The number of anilines is 1. The Kier molecular flexibility index (Phi) is 4.92. The summed E-state index contributed by atoms with van der Waals surface area (Å²) >= 11 is 0. The largest absolute Gasteiger partial charge is 0.471 e. The molecule has 1 amide bonds. The molecule has 27 heavy (non-hydrogen) atoms. The average Bonchev–Trinajstić information content (AvgIpc) is 2.48. The molecule has 148 valence electrons. The van der Waals surface area contributed by atoms with Gasteiger partial charge in [-0.15, -0.1) is 0 Å². The summed E-state index contributed by atoms with van der Waals surface area (Å²) in [5, 5.41) is -0.873. The summed E-state index contributed by atoms with van der Waals surface area (Å²) in [7, 11) is 0. The molecule has 0 aliphatic rings. The van der Waals surface area contributed by atoms with Crippen LogP contribution in [0.25, 0.3) is 10.9 Å². The van der Waals surface area contributed by atoms with Gasteiger partial charge in [-0.05, 0) is 18.2 Å². The molecule has 13 heteroatoms. The van der Waals surface area contributed by atoms with Gasteiger partial charge >= 0.3 is 24.4 Å². The Hall–Kier alpha value is -2.73. The molecule has 1 aromatic carbocycles. The number of pyridine rings is 1. The minimum atomic E-state index is -5.70. The van der Waals surface area contributed by atoms with Crippen LogP contribution in [-0.4, -0.2) is 29.8 Å². The van der Waals surface area contributed by atoms with Crippen molar-refractivity contribution in [1.29, 1.82) is 0 Å². The maximum atomic E-state index is 13.1. The van der Waals surface area contributed by atoms with Crippen LogP contribution >= 0.6 is 0 Å². The number of amides is 1. The molecule has 0 unspecified atom stereocenters. The van der Waals surface area contributed by atoms with Crippen LogP contribution in [-0.2, 0) is 11.0 Å². The van der Waals surface area contributed by atoms with Crippen molar-refractivity contribution in [3.63, 3.8) is 0 Å². The molecule has 0 radical (unpaired) electrons. The summed E-state index contributed by atoms with van der Waals surface area (Å²) in [6.07, 6.45) is -16.1. The van der Waals surface area contributed by atoms with Crippen LogP contribution in [0.1, 0.15) is 5.56 Å². The van der Waals surface area contributed by atoms with Crippen LogP contribution in [0.5, 0.6) is 0 Å². The number of aromatic nitrogens is 1. The highest BCUT2D eigenvalue weighted by molar-refractivity contribution is 5.99. The molecule has 1 aromatic heterocycles. The third-order valence-corrected chi connectivity index (χ3v) is 3.27. The minimum absolute atomic E-state index is 0.103. The van der Waals surface area contributed by atoms with E-state index in [1.807, 2.05) is 4.98 Å². The maximum absolute atomic E-state index is 13.1. The number of carbonyl (C=O) groups excluding carboxylic acids is 1. The van der Waals surface area contributed by atoms with Crippen molar-refractivity contribution in [1.82, 2.24) is 4.98 Å². The molecule has 4 nitrogen and oxygen atoms in total. The highest BCUT2D eigenvalue weighted by atomic mass is 19.4. The molecule has 0 bridgehead atoms. The van der Waals surface area contributed by atoms with E-state index in [0.717, 1.165) is 0 Å². The zero-order valence-corrected chi connectivity index (χ0v) is 12.7. The van der Waals surface area contributed by atoms with Gasteiger partial charge in [0.05, 0.1) is 5.56 Å². The predicted molar refractivity (Wildman–Crippen MR) is 74.0 cm³/mol. The number of fused-ring (bicyclic) bond motifs is 1. The standard InChI is InChI=1S/C14H7F9N2O2/c15-12(16,17)5-25(11(27)14(21,22)23)6-1-2-9-7(3-6)8(13(18,19)20)4-10(26)24-9/h1-4H,5H2,(H,24,26). The fraction of sp³-hybridized carbons (Fsp3) is 0.286. The van der Waals surface area contributed by atoms with Crippen molar-refractivity contribution in [2.75, 3.05) is 11.4 Å². The Bertz CT molecular complexity index is 925. The molecule has 0 aliphatic carbocycles. The van der Waals surface area contributed by atoms with Crippen molar-refractivity contribution >= 4 is 22.5 Å². The number of benzene rings is 1. The Morgan fingerprint density at radius 2 is 1.56 bits per heavy atom. The quantitative estimate of drug-likeness (QED) is 0.767. The predicted octanol–water partition coefficient (Wildman–Crippen LogP) is 4.00. The Morgan fingerprint density at radius 3 is 2.04 bits per heavy atom. The van der Waals surface area contributed by atoms with Gasteiger partial charge in [0.25, 0.3) is 0 Å². The third kappa shape index (κ3) is 4.71. The first-order chi connectivity index (χ1) is 12.1. The molecule has 0 saturated heterocycles. The van der Waals surface area contributed by atoms with Crippen LogP contribution in [0.15, 0.2) is 29.1 Å². The van der Waals surface area contributed by atoms with Gasteiger partial charge in [-0.25, -0.2) is 0 Å². The second-order valence-electron chi connectivity index (χ2n) is 5.28. The summed E-state index contributed by atoms with van der Waals surface area (Å²) < 4.78 is 115. The van der Waals surface area contributed by atoms with Crippen molar-refractivity contribution in [3.8, 4) is 0 Å².